The first-order valence-electron chi connectivity index (χ1n) is 9.46. The van der Waals surface area contributed by atoms with Gasteiger partial charge in [0, 0.05) is 30.5 Å². The highest BCUT2D eigenvalue weighted by molar-refractivity contribution is 5.69. The molecule has 2 atom stereocenters. The number of likely N-dealkylation sites (tertiary alicyclic amines) is 1. The molecule has 0 radical (unpaired) electrons. The smallest absolute Gasteiger partial charge is 0.305 e. The van der Waals surface area contributed by atoms with Gasteiger partial charge in [-0.15, -0.1) is 0 Å². The molecule has 1 N–H and O–H groups in total. The molecule has 3 rings (SSSR count). The van der Waals surface area contributed by atoms with E-state index in [1.54, 1.807) is 0 Å². The molecule has 0 amide bonds. The zero-order chi connectivity index (χ0) is 17.6. The molecule has 2 aliphatic rings. The van der Waals surface area contributed by atoms with Crippen LogP contribution in [0.5, 0.6) is 5.75 Å². The zero-order valence-electron chi connectivity index (χ0n) is 15.4. The second-order valence-electron chi connectivity index (χ2n) is 7.22. The Labute approximate surface area is 150 Å². The molecule has 0 aromatic heterocycles. The number of ether oxygens (including phenoxy) is 2. The van der Waals surface area contributed by atoms with E-state index in [1.165, 1.54) is 12.7 Å². The fourth-order valence-electron chi connectivity index (χ4n) is 3.91. The number of carbonyl (C=O) groups is 1. The summed E-state index contributed by atoms with van der Waals surface area (Å²) in [4.78, 5) is 13.7. The molecule has 5 heteroatoms. The van der Waals surface area contributed by atoms with Crippen molar-refractivity contribution in [1.29, 1.82) is 0 Å². The van der Waals surface area contributed by atoms with Gasteiger partial charge in [0.05, 0.1) is 13.2 Å². The van der Waals surface area contributed by atoms with Gasteiger partial charge in [0.15, 0.2) is 0 Å². The van der Waals surface area contributed by atoms with Crippen molar-refractivity contribution in [2.75, 3.05) is 26.7 Å². The monoisotopic (exact) mass is 346 g/mol. The molecule has 1 aromatic rings. The third-order valence-electron chi connectivity index (χ3n) is 5.30. The number of esters is 1. The fraction of sp³-hybridized carbons (Fsp3) is 0.650. The van der Waals surface area contributed by atoms with Crippen LogP contribution in [0.1, 0.15) is 50.6 Å². The second-order valence-corrected chi connectivity index (χ2v) is 7.22. The lowest BCUT2D eigenvalue weighted by molar-refractivity contribution is -0.140. The Morgan fingerprint density at radius 2 is 2.08 bits per heavy atom. The van der Waals surface area contributed by atoms with Crippen molar-refractivity contribution in [1.82, 2.24) is 10.2 Å². The third-order valence-corrected chi connectivity index (χ3v) is 5.30. The standard InChI is InChI=1S/C20H30N2O3/c1-15-14-18(17-6-3-4-7-19(17)25-15)21-16-9-12-22(13-10-16)11-5-8-20(23)24-2/h3-4,6-7,15-16,18,21H,5,8-14H2,1-2H3/t15-,18-/m1/s1. The Balaban J connectivity index is 1.46. The highest BCUT2D eigenvalue weighted by atomic mass is 16.5. The average molecular weight is 346 g/mol. The Kier molecular flexibility index (Phi) is 6.32. The number of rotatable bonds is 6. The molecule has 0 unspecified atom stereocenters. The molecule has 1 saturated heterocycles. The summed E-state index contributed by atoms with van der Waals surface area (Å²) in [6.45, 7) is 5.33. The molecule has 2 heterocycles. The molecule has 0 saturated carbocycles. The van der Waals surface area contributed by atoms with Gasteiger partial charge in [0.25, 0.3) is 0 Å². The van der Waals surface area contributed by atoms with E-state index in [-0.39, 0.29) is 12.1 Å². The van der Waals surface area contributed by atoms with Crippen LogP contribution < -0.4 is 10.1 Å². The molecule has 1 aromatic carbocycles. The highest BCUT2D eigenvalue weighted by Gasteiger charge is 2.28. The minimum absolute atomic E-state index is 0.108. The molecule has 138 valence electrons. The van der Waals surface area contributed by atoms with Crippen molar-refractivity contribution in [3.63, 3.8) is 0 Å². The number of para-hydroxylation sites is 1. The maximum Gasteiger partial charge on any atom is 0.305 e. The van der Waals surface area contributed by atoms with Crippen molar-refractivity contribution >= 4 is 5.97 Å². The molecule has 1 fully saturated rings. The predicted octanol–water partition coefficient (Wildman–Crippen LogP) is 2.91. The van der Waals surface area contributed by atoms with Crippen LogP contribution >= 0.6 is 0 Å². The van der Waals surface area contributed by atoms with E-state index < -0.39 is 0 Å². The molecule has 2 aliphatic heterocycles. The molecule has 5 nitrogen and oxygen atoms in total. The van der Waals surface area contributed by atoms with E-state index in [9.17, 15) is 4.79 Å². The number of hydrogen-bond donors (Lipinski definition) is 1. The van der Waals surface area contributed by atoms with Gasteiger partial charge in [-0.25, -0.2) is 0 Å². The normalized spacial score (nSPS) is 24.4. The van der Waals surface area contributed by atoms with Gasteiger partial charge >= 0.3 is 5.97 Å². The van der Waals surface area contributed by atoms with E-state index in [1.807, 2.05) is 6.07 Å². The number of benzene rings is 1. The predicted molar refractivity (Wildman–Crippen MR) is 97.7 cm³/mol. The molecule has 25 heavy (non-hydrogen) atoms. The van der Waals surface area contributed by atoms with Crippen LogP contribution in [0.15, 0.2) is 24.3 Å². The summed E-state index contributed by atoms with van der Waals surface area (Å²) in [5, 5.41) is 3.87. The maximum atomic E-state index is 11.2. The van der Waals surface area contributed by atoms with E-state index in [4.69, 9.17) is 9.47 Å². The van der Waals surface area contributed by atoms with E-state index in [0.717, 1.165) is 51.1 Å². The van der Waals surface area contributed by atoms with Crippen molar-refractivity contribution < 1.29 is 14.3 Å². The summed E-state index contributed by atoms with van der Waals surface area (Å²) < 4.78 is 10.7. The topological polar surface area (TPSA) is 50.8 Å². The number of methoxy groups -OCH3 is 1. The van der Waals surface area contributed by atoms with Gasteiger partial charge in [0.2, 0.25) is 0 Å². The number of nitrogens with one attached hydrogen (secondary N) is 1. The Hall–Kier alpha value is -1.59. The van der Waals surface area contributed by atoms with Crippen molar-refractivity contribution in [3.8, 4) is 5.75 Å². The summed E-state index contributed by atoms with van der Waals surface area (Å²) in [5.74, 6) is 0.919. The van der Waals surface area contributed by atoms with Crippen LogP contribution in [0.4, 0.5) is 0 Å². The van der Waals surface area contributed by atoms with Gasteiger partial charge in [0.1, 0.15) is 5.75 Å². The van der Waals surface area contributed by atoms with Crippen LogP contribution in [0, 0.1) is 0 Å². The maximum absolute atomic E-state index is 11.2. The molecule has 0 spiro atoms. The van der Waals surface area contributed by atoms with Gasteiger partial charge in [-0.1, -0.05) is 18.2 Å². The van der Waals surface area contributed by atoms with Gasteiger partial charge < -0.3 is 19.7 Å². The van der Waals surface area contributed by atoms with Crippen LogP contribution in [0.3, 0.4) is 0 Å². The highest BCUT2D eigenvalue weighted by Crippen LogP contribution is 2.35. The quantitative estimate of drug-likeness (QED) is 0.803. The minimum Gasteiger partial charge on any atom is -0.490 e. The Bertz CT molecular complexity index is 570. The summed E-state index contributed by atoms with van der Waals surface area (Å²) in [5.41, 5.74) is 1.29. The lowest BCUT2D eigenvalue weighted by Gasteiger charge is -2.37. The molecule has 0 bridgehead atoms. The number of piperidine rings is 1. The largest absolute Gasteiger partial charge is 0.490 e. The second kappa shape index (κ2) is 8.68. The molecular formula is C20H30N2O3. The summed E-state index contributed by atoms with van der Waals surface area (Å²) >= 11 is 0. The van der Waals surface area contributed by atoms with Crippen LogP contribution in [0.2, 0.25) is 0 Å². The summed E-state index contributed by atoms with van der Waals surface area (Å²) in [6, 6.07) is 9.33. The lowest BCUT2D eigenvalue weighted by Crippen LogP contribution is -2.45. The van der Waals surface area contributed by atoms with Gasteiger partial charge in [-0.05, 0) is 51.9 Å². The van der Waals surface area contributed by atoms with Crippen LogP contribution in [0.25, 0.3) is 0 Å². The van der Waals surface area contributed by atoms with E-state index in [2.05, 4.69) is 35.3 Å². The van der Waals surface area contributed by atoms with Gasteiger partial charge in [-0.2, -0.15) is 0 Å². The summed E-state index contributed by atoms with van der Waals surface area (Å²) in [6.07, 6.45) is 5.00. The lowest BCUT2D eigenvalue weighted by atomic mass is 9.94. The average Bonchev–Trinajstić information content (AvgIpc) is 2.63. The van der Waals surface area contributed by atoms with Gasteiger partial charge in [-0.3, -0.25) is 4.79 Å². The zero-order valence-corrected chi connectivity index (χ0v) is 15.4. The van der Waals surface area contributed by atoms with Crippen LogP contribution in [-0.4, -0.2) is 49.8 Å². The van der Waals surface area contributed by atoms with Crippen molar-refractivity contribution in [2.24, 2.45) is 0 Å². The number of nitrogens with zero attached hydrogens (tertiary/aromatic N) is 1. The Morgan fingerprint density at radius 3 is 2.84 bits per heavy atom. The summed E-state index contributed by atoms with van der Waals surface area (Å²) in [7, 11) is 1.45. The first-order chi connectivity index (χ1) is 12.2. The fourth-order valence-corrected chi connectivity index (χ4v) is 3.91. The number of fused-ring (bicyclic) bond motifs is 1. The van der Waals surface area contributed by atoms with Crippen molar-refractivity contribution in [3.05, 3.63) is 29.8 Å². The molecule has 0 aliphatic carbocycles. The molecular weight excluding hydrogens is 316 g/mol. The SMILES string of the molecule is COC(=O)CCCN1CCC(N[C@@H]2C[C@@H](C)Oc3ccccc32)CC1. The number of hydrogen-bond acceptors (Lipinski definition) is 5. The third kappa shape index (κ3) is 4.95. The van der Waals surface area contributed by atoms with Crippen molar-refractivity contribution in [2.45, 2.75) is 57.2 Å². The Morgan fingerprint density at radius 1 is 1.32 bits per heavy atom. The minimum atomic E-state index is -0.108. The first-order valence-corrected chi connectivity index (χ1v) is 9.46. The number of carbonyl (C=O) groups excluding carboxylic acids is 1. The van der Waals surface area contributed by atoms with E-state index in [0.29, 0.717) is 18.5 Å². The van der Waals surface area contributed by atoms with Crippen LogP contribution in [-0.2, 0) is 9.53 Å². The first kappa shape index (κ1) is 18.2. The van der Waals surface area contributed by atoms with E-state index >= 15 is 0 Å².